The van der Waals surface area contributed by atoms with Gasteiger partial charge in [0, 0.05) is 40.5 Å². The second-order valence-electron chi connectivity index (χ2n) is 4.73. The largest absolute Gasteiger partial charge is 0.400 e. The number of hydrogen-bond donors (Lipinski definition) is 2. The van der Waals surface area contributed by atoms with Gasteiger partial charge < -0.3 is 15.2 Å². The maximum Gasteiger partial charge on any atom is 0.0319 e. The van der Waals surface area contributed by atoms with Gasteiger partial charge in [-0.3, -0.25) is 0 Å². The first-order valence-corrected chi connectivity index (χ1v) is 7.26. The molecule has 3 rings (SSSR count). The Morgan fingerprint density at radius 2 is 1.68 bits per heavy atom. The minimum atomic E-state index is 0. The first-order valence-electron chi connectivity index (χ1n) is 7.26. The molecule has 1 saturated carbocycles. The van der Waals surface area contributed by atoms with Gasteiger partial charge in [0.15, 0.2) is 0 Å². The van der Waals surface area contributed by atoms with E-state index in [-0.39, 0.29) is 20.1 Å². The summed E-state index contributed by atoms with van der Waals surface area (Å²) in [6.45, 7) is 0. The number of aliphatic hydroxyl groups excluding tert-OH is 2. The van der Waals surface area contributed by atoms with Crippen molar-refractivity contribution in [3.8, 4) is 11.3 Å². The van der Waals surface area contributed by atoms with Crippen molar-refractivity contribution in [3.05, 3.63) is 54.2 Å². The van der Waals surface area contributed by atoms with Crippen molar-refractivity contribution in [2.45, 2.75) is 31.6 Å². The van der Waals surface area contributed by atoms with Gasteiger partial charge in [0.25, 0.3) is 0 Å². The predicted octanol–water partition coefficient (Wildman–Crippen LogP) is 3.42. The monoisotopic (exact) mass is 479 g/mol. The van der Waals surface area contributed by atoms with Crippen molar-refractivity contribution < 1.29 is 30.3 Å². The summed E-state index contributed by atoms with van der Waals surface area (Å²) in [4.78, 5) is 4.56. The molecule has 1 aliphatic carbocycles. The van der Waals surface area contributed by atoms with E-state index < -0.39 is 0 Å². The van der Waals surface area contributed by atoms with Crippen LogP contribution in [0.1, 0.15) is 37.2 Å². The Morgan fingerprint density at radius 1 is 1.00 bits per heavy atom. The van der Waals surface area contributed by atoms with Crippen LogP contribution in [0.2, 0.25) is 0 Å². The molecule has 2 aromatic rings. The summed E-state index contributed by atoms with van der Waals surface area (Å²) in [7, 11) is 2.00. The van der Waals surface area contributed by atoms with Crippen LogP contribution in [0.15, 0.2) is 42.6 Å². The SMILES string of the molecule is CO.CO.[Ir].[c-]1ccccc1-c1ccc(C2CCCC2)cn1. The summed E-state index contributed by atoms with van der Waals surface area (Å²) in [5.41, 5.74) is 3.50. The number of rotatable bonds is 2. The van der Waals surface area contributed by atoms with Crippen LogP contribution in [0, 0.1) is 6.07 Å². The molecular weight excluding hydrogens is 454 g/mol. The van der Waals surface area contributed by atoms with E-state index >= 15 is 0 Å². The fourth-order valence-electron chi connectivity index (χ4n) is 2.62. The summed E-state index contributed by atoms with van der Waals surface area (Å²) in [6, 6.07) is 15.6. The Hall–Kier alpha value is -1.06. The van der Waals surface area contributed by atoms with Gasteiger partial charge in [0.1, 0.15) is 0 Å². The van der Waals surface area contributed by atoms with E-state index in [9.17, 15) is 0 Å². The molecule has 0 unspecified atom stereocenters. The third-order valence-corrected chi connectivity index (χ3v) is 3.60. The Balaban J connectivity index is 0.000000819. The Bertz CT molecular complexity index is 482. The molecule has 1 fully saturated rings. The molecule has 1 radical (unpaired) electrons. The topological polar surface area (TPSA) is 53.4 Å². The Morgan fingerprint density at radius 3 is 2.18 bits per heavy atom. The summed E-state index contributed by atoms with van der Waals surface area (Å²) < 4.78 is 0. The molecule has 22 heavy (non-hydrogen) atoms. The second kappa shape index (κ2) is 12.5. The minimum absolute atomic E-state index is 0. The number of benzene rings is 1. The van der Waals surface area contributed by atoms with Gasteiger partial charge in [-0.25, -0.2) is 0 Å². The van der Waals surface area contributed by atoms with E-state index in [1.165, 1.54) is 31.2 Å². The van der Waals surface area contributed by atoms with E-state index in [0.717, 1.165) is 31.4 Å². The summed E-state index contributed by atoms with van der Waals surface area (Å²) in [5, 5.41) is 14.0. The summed E-state index contributed by atoms with van der Waals surface area (Å²) in [5.74, 6) is 0.747. The zero-order valence-corrected chi connectivity index (χ0v) is 15.5. The molecule has 1 aromatic heterocycles. The third-order valence-electron chi connectivity index (χ3n) is 3.60. The van der Waals surface area contributed by atoms with Crippen molar-refractivity contribution >= 4 is 0 Å². The van der Waals surface area contributed by atoms with Gasteiger partial charge >= 0.3 is 0 Å². The molecule has 0 atom stereocenters. The predicted molar refractivity (Wildman–Crippen MR) is 86.0 cm³/mol. The first-order chi connectivity index (χ1) is 10.4. The zero-order chi connectivity index (χ0) is 15.5. The van der Waals surface area contributed by atoms with E-state index in [2.05, 4.69) is 29.2 Å². The molecule has 1 heterocycles. The maximum absolute atomic E-state index is 7.00. The van der Waals surface area contributed by atoms with E-state index in [0.29, 0.717) is 0 Å². The summed E-state index contributed by atoms with van der Waals surface area (Å²) >= 11 is 0. The Kier molecular flexibility index (Phi) is 11.9. The van der Waals surface area contributed by atoms with Crippen molar-refractivity contribution in [2.24, 2.45) is 0 Å². The number of aromatic nitrogens is 1. The molecule has 0 aliphatic heterocycles. The molecular formula is C18H24IrNO2-. The molecule has 1 aromatic carbocycles. The van der Waals surface area contributed by atoms with Gasteiger partial charge in [-0.15, -0.1) is 35.9 Å². The van der Waals surface area contributed by atoms with Crippen LogP contribution in [-0.2, 0) is 20.1 Å². The minimum Gasteiger partial charge on any atom is -0.400 e. The average molecular weight is 479 g/mol. The number of hydrogen-bond acceptors (Lipinski definition) is 3. The van der Waals surface area contributed by atoms with Gasteiger partial charge in [0.05, 0.1) is 0 Å². The van der Waals surface area contributed by atoms with Crippen molar-refractivity contribution in [3.63, 3.8) is 0 Å². The van der Waals surface area contributed by atoms with Crippen LogP contribution in [0.5, 0.6) is 0 Å². The molecule has 0 saturated heterocycles. The van der Waals surface area contributed by atoms with Crippen LogP contribution >= 0.6 is 0 Å². The van der Waals surface area contributed by atoms with E-state index in [4.69, 9.17) is 10.2 Å². The van der Waals surface area contributed by atoms with E-state index in [1.54, 1.807) is 0 Å². The zero-order valence-electron chi connectivity index (χ0n) is 13.1. The number of aliphatic hydroxyl groups is 2. The molecule has 2 N–H and O–H groups in total. The van der Waals surface area contributed by atoms with Crippen molar-refractivity contribution in [2.75, 3.05) is 14.2 Å². The maximum atomic E-state index is 7.00. The fourth-order valence-corrected chi connectivity index (χ4v) is 2.62. The molecule has 0 bridgehead atoms. The molecule has 123 valence electrons. The third kappa shape index (κ3) is 5.97. The molecule has 3 nitrogen and oxygen atoms in total. The van der Waals surface area contributed by atoms with Crippen LogP contribution in [0.4, 0.5) is 0 Å². The summed E-state index contributed by atoms with van der Waals surface area (Å²) in [6.07, 6.45) is 7.46. The fraction of sp³-hybridized carbons (Fsp3) is 0.389. The van der Waals surface area contributed by atoms with E-state index in [1.807, 2.05) is 24.4 Å². The first kappa shape index (κ1) is 20.9. The number of pyridine rings is 1. The van der Waals surface area contributed by atoms with Gasteiger partial charge in [0.2, 0.25) is 0 Å². The van der Waals surface area contributed by atoms with Crippen LogP contribution in [-0.4, -0.2) is 29.4 Å². The smallest absolute Gasteiger partial charge is 0.0319 e. The van der Waals surface area contributed by atoms with Gasteiger partial charge in [-0.05, 0) is 30.0 Å². The number of nitrogens with zero attached hydrogens (tertiary/aromatic N) is 1. The second-order valence-corrected chi connectivity index (χ2v) is 4.73. The Labute approximate surface area is 146 Å². The molecule has 0 spiro atoms. The van der Waals surface area contributed by atoms with Crippen molar-refractivity contribution in [1.29, 1.82) is 0 Å². The van der Waals surface area contributed by atoms with Crippen LogP contribution in [0.3, 0.4) is 0 Å². The van der Waals surface area contributed by atoms with Gasteiger partial charge in [-0.1, -0.05) is 25.0 Å². The van der Waals surface area contributed by atoms with Crippen molar-refractivity contribution in [1.82, 2.24) is 4.98 Å². The van der Waals surface area contributed by atoms with Crippen LogP contribution < -0.4 is 0 Å². The molecule has 1 aliphatic rings. The van der Waals surface area contributed by atoms with Gasteiger partial charge in [-0.2, -0.15) is 0 Å². The average Bonchev–Trinajstić information content (AvgIpc) is 3.14. The van der Waals surface area contributed by atoms with Crippen LogP contribution in [0.25, 0.3) is 11.3 Å². The normalized spacial score (nSPS) is 13.1. The standard InChI is InChI=1S/C16H16N.2CH4O.Ir/c1-2-8-14(9-3-1)16-11-10-15(12-17-16)13-6-4-5-7-13;2*1-2;/h1-3,8,10-13H,4-7H2;2*2H,1H3;/q-1;;;. The molecule has 4 heteroatoms. The molecule has 0 amide bonds. The quantitative estimate of drug-likeness (QED) is 0.651.